The summed E-state index contributed by atoms with van der Waals surface area (Å²) >= 11 is 0. The normalized spacial score (nSPS) is 18.6. The quantitative estimate of drug-likeness (QED) is 0.735. The van der Waals surface area contributed by atoms with Gasteiger partial charge < -0.3 is 4.90 Å². The minimum Gasteiger partial charge on any atom is -0.342 e. The molecule has 0 aromatic heterocycles. The first-order valence-corrected chi connectivity index (χ1v) is 5.13. The minimum atomic E-state index is -4.46. The fourth-order valence-corrected chi connectivity index (χ4v) is 1.81. The Balaban J connectivity index is 2.47. The van der Waals surface area contributed by atoms with Crippen molar-refractivity contribution in [3.05, 3.63) is 0 Å². The Morgan fingerprint density at radius 3 is 2.31 bits per heavy atom. The first-order valence-electron chi connectivity index (χ1n) is 5.13. The molecule has 0 saturated heterocycles. The van der Waals surface area contributed by atoms with Gasteiger partial charge in [0.1, 0.15) is 12.2 Å². The Kier molecular flexibility index (Phi) is 3.93. The molecule has 0 N–H and O–H groups in total. The Morgan fingerprint density at radius 2 is 1.88 bits per heavy atom. The third-order valence-electron chi connectivity index (χ3n) is 2.81. The van der Waals surface area contributed by atoms with Crippen LogP contribution < -0.4 is 0 Å². The van der Waals surface area contributed by atoms with Crippen molar-refractivity contribution in [2.45, 2.75) is 44.3 Å². The van der Waals surface area contributed by atoms with Gasteiger partial charge in [-0.3, -0.25) is 9.59 Å². The SMILES string of the molecule is CN(C(=O)CC(F)(F)F)C1CCC(=O)CC1. The molecule has 0 bridgehead atoms. The summed E-state index contributed by atoms with van der Waals surface area (Å²) in [5, 5.41) is 0. The van der Waals surface area contributed by atoms with Gasteiger partial charge in [0.2, 0.25) is 5.91 Å². The molecule has 0 unspecified atom stereocenters. The van der Waals surface area contributed by atoms with Crippen LogP contribution in [-0.4, -0.2) is 35.9 Å². The number of hydrogen-bond donors (Lipinski definition) is 0. The molecule has 1 rings (SSSR count). The number of rotatable bonds is 2. The number of ketones is 1. The van der Waals surface area contributed by atoms with Crippen molar-refractivity contribution in [3.63, 3.8) is 0 Å². The number of hydrogen-bond acceptors (Lipinski definition) is 2. The van der Waals surface area contributed by atoms with E-state index in [1.807, 2.05) is 0 Å². The zero-order valence-electron chi connectivity index (χ0n) is 9.01. The molecule has 0 radical (unpaired) electrons. The number of nitrogens with zero attached hydrogens (tertiary/aromatic N) is 1. The molecule has 3 nitrogen and oxygen atoms in total. The highest BCUT2D eigenvalue weighted by Crippen LogP contribution is 2.24. The second-order valence-electron chi connectivity index (χ2n) is 4.07. The van der Waals surface area contributed by atoms with E-state index >= 15 is 0 Å². The fraction of sp³-hybridized carbons (Fsp3) is 0.800. The molecular weight excluding hydrogens is 223 g/mol. The summed E-state index contributed by atoms with van der Waals surface area (Å²) in [6.07, 6.45) is -4.23. The Labute approximate surface area is 91.6 Å². The molecule has 0 atom stereocenters. The fourth-order valence-electron chi connectivity index (χ4n) is 1.81. The monoisotopic (exact) mass is 237 g/mol. The molecule has 0 spiro atoms. The summed E-state index contributed by atoms with van der Waals surface area (Å²) in [6.45, 7) is 0. The van der Waals surface area contributed by atoms with Crippen LogP contribution in [0.2, 0.25) is 0 Å². The third-order valence-corrected chi connectivity index (χ3v) is 2.81. The van der Waals surface area contributed by atoms with E-state index in [-0.39, 0.29) is 11.8 Å². The van der Waals surface area contributed by atoms with Gasteiger partial charge in [-0.2, -0.15) is 13.2 Å². The first kappa shape index (κ1) is 13.0. The molecule has 1 amide bonds. The smallest absolute Gasteiger partial charge is 0.342 e. The highest BCUT2D eigenvalue weighted by Gasteiger charge is 2.35. The molecule has 6 heteroatoms. The summed E-state index contributed by atoms with van der Waals surface area (Å²) < 4.78 is 36.0. The molecule has 1 saturated carbocycles. The second kappa shape index (κ2) is 4.84. The highest BCUT2D eigenvalue weighted by atomic mass is 19.4. The van der Waals surface area contributed by atoms with E-state index in [0.717, 1.165) is 4.90 Å². The lowest BCUT2D eigenvalue weighted by atomic mass is 9.93. The van der Waals surface area contributed by atoms with Crippen molar-refractivity contribution < 1.29 is 22.8 Å². The van der Waals surface area contributed by atoms with Crippen molar-refractivity contribution >= 4 is 11.7 Å². The summed E-state index contributed by atoms with van der Waals surface area (Å²) in [5.41, 5.74) is 0. The van der Waals surface area contributed by atoms with Crippen molar-refractivity contribution in [3.8, 4) is 0 Å². The Bertz CT molecular complexity index is 278. The van der Waals surface area contributed by atoms with Gasteiger partial charge in [-0.25, -0.2) is 0 Å². The number of Topliss-reactive ketones (excluding diaryl/α,β-unsaturated/α-hetero) is 1. The number of amides is 1. The van der Waals surface area contributed by atoms with Crippen molar-refractivity contribution in [1.82, 2.24) is 4.90 Å². The maximum absolute atomic E-state index is 12.0. The van der Waals surface area contributed by atoms with Gasteiger partial charge in [-0.1, -0.05) is 0 Å². The highest BCUT2D eigenvalue weighted by molar-refractivity contribution is 5.80. The minimum absolute atomic E-state index is 0.118. The van der Waals surface area contributed by atoms with Crippen LogP contribution in [0.25, 0.3) is 0 Å². The van der Waals surface area contributed by atoms with Gasteiger partial charge in [0.05, 0.1) is 0 Å². The van der Waals surface area contributed by atoms with E-state index < -0.39 is 18.5 Å². The van der Waals surface area contributed by atoms with Crippen LogP contribution in [0.15, 0.2) is 0 Å². The van der Waals surface area contributed by atoms with Crippen LogP contribution in [0, 0.1) is 0 Å². The molecular formula is C10H14F3NO2. The van der Waals surface area contributed by atoms with Gasteiger partial charge in [-0.15, -0.1) is 0 Å². The number of carbonyl (C=O) groups is 2. The van der Waals surface area contributed by atoms with Gasteiger partial charge >= 0.3 is 6.18 Å². The van der Waals surface area contributed by atoms with Crippen LogP contribution in [0.1, 0.15) is 32.1 Å². The van der Waals surface area contributed by atoms with E-state index in [0.29, 0.717) is 25.7 Å². The third kappa shape index (κ3) is 3.83. The van der Waals surface area contributed by atoms with Gasteiger partial charge in [0, 0.05) is 25.9 Å². The standard InChI is InChI=1S/C10H14F3NO2/c1-14(9(16)6-10(11,12)13)7-2-4-8(15)5-3-7/h7H,2-6H2,1H3. The lowest BCUT2D eigenvalue weighted by molar-refractivity contribution is -0.162. The van der Waals surface area contributed by atoms with E-state index in [1.54, 1.807) is 0 Å². The number of carbonyl (C=O) groups excluding carboxylic acids is 2. The number of halogens is 3. The molecule has 1 fully saturated rings. The maximum Gasteiger partial charge on any atom is 0.397 e. The van der Waals surface area contributed by atoms with Crippen LogP contribution in [0.4, 0.5) is 13.2 Å². The predicted molar refractivity (Wildman–Crippen MR) is 50.7 cm³/mol. The second-order valence-corrected chi connectivity index (χ2v) is 4.07. The Morgan fingerprint density at radius 1 is 1.38 bits per heavy atom. The number of alkyl halides is 3. The zero-order chi connectivity index (χ0) is 12.3. The van der Waals surface area contributed by atoms with E-state index in [9.17, 15) is 22.8 Å². The van der Waals surface area contributed by atoms with E-state index in [1.165, 1.54) is 7.05 Å². The van der Waals surface area contributed by atoms with E-state index in [2.05, 4.69) is 0 Å². The average molecular weight is 237 g/mol. The van der Waals surface area contributed by atoms with E-state index in [4.69, 9.17) is 0 Å². The first-order chi connectivity index (χ1) is 7.29. The molecule has 16 heavy (non-hydrogen) atoms. The summed E-state index contributed by atoms with van der Waals surface area (Å²) in [5.74, 6) is -0.806. The average Bonchev–Trinajstić information content (AvgIpc) is 2.15. The molecule has 0 aromatic rings. The molecule has 0 heterocycles. The zero-order valence-corrected chi connectivity index (χ0v) is 9.01. The van der Waals surface area contributed by atoms with Gasteiger partial charge in [-0.05, 0) is 12.8 Å². The largest absolute Gasteiger partial charge is 0.397 e. The molecule has 0 aromatic carbocycles. The molecule has 92 valence electrons. The lowest BCUT2D eigenvalue weighted by Gasteiger charge is -2.31. The van der Waals surface area contributed by atoms with Crippen LogP contribution in [0.5, 0.6) is 0 Å². The molecule has 1 aliphatic rings. The van der Waals surface area contributed by atoms with Crippen LogP contribution in [-0.2, 0) is 9.59 Å². The van der Waals surface area contributed by atoms with Crippen molar-refractivity contribution in [1.29, 1.82) is 0 Å². The van der Waals surface area contributed by atoms with Crippen molar-refractivity contribution in [2.24, 2.45) is 0 Å². The predicted octanol–water partition coefficient (Wildman–Crippen LogP) is 1.91. The lowest BCUT2D eigenvalue weighted by Crippen LogP contribution is -2.41. The van der Waals surface area contributed by atoms with Crippen LogP contribution in [0.3, 0.4) is 0 Å². The maximum atomic E-state index is 12.0. The summed E-state index contributed by atoms with van der Waals surface area (Å²) in [7, 11) is 1.37. The van der Waals surface area contributed by atoms with Crippen molar-refractivity contribution in [2.75, 3.05) is 7.05 Å². The topological polar surface area (TPSA) is 37.4 Å². The van der Waals surface area contributed by atoms with Crippen LogP contribution >= 0.6 is 0 Å². The van der Waals surface area contributed by atoms with Gasteiger partial charge in [0.15, 0.2) is 0 Å². The summed E-state index contributed by atoms with van der Waals surface area (Å²) in [4.78, 5) is 23.3. The van der Waals surface area contributed by atoms with Gasteiger partial charge in [0.25, 0.3) is 0 Å². The molecule has 0 aliphatic heterocycles. The molecule has 1 aliphatic carbocycles. The summed E-state index contributed by atoms with van der Waals surface area (Å²) in [6, 6.07) is -0.229. The Hall–Kier alpha value is -1.07.